The fourth-order valence-electron chi connectivity index (χ4n) is 7.76. The third-order valence-corrected chi connectivity index (χ3v) is 9.38. The Kier molecular flexibility index (Phi) is 5.94. The molecule has 4 aromatic rings. The molecule has 4 heterocycles. The van der Waals surface area contributed by atoms with Crippen LogP contribution in [0.4, 0.5) is 15.8 Å². The molecule has 7 rings (SSSR count). The number of halogens is 1. The molecule has 42 heavy (non-hydrogen) atoms. The van der Waals surface area contributed by atoms with Crippen LogP contribution in [0.25, 0.3) is 16.6 Å². The second kappa shape index (κ2) is 9.28. The molecule has 0 radical (unpaired) electrons. The molecule has 1 N–H and O–H groups in total. The Morgan fingerprint density at radius 1 is 1.17 bits per heavy atom. The summed E-state index contributed by atoms with van der Waals surface area (Å²) in [6.45, 7) is 12.0. The summed E-state index contributed by atoms with van der Waals surface area (Å²) < 4.78 is 24.0. The summed E-state index contributed by atoms with van der Waals surface area (Å²) in [5, 5.41) is 8.55. The summed E-state index contributed by atoms with van der Waals surface area (Å²) in [6, 6.07) is 5.13. The monoisotopic (exact) mass is 572 g/mol. The highest BCUT2D eigenvalue weighted by Crippen LogP contribution is 2.65. The van der Waals surface area contributed by atoms with E-state index in [-0.39, 0.29) is 22.9 Å². The van der Waals surface area contributed by atoms with Gasteiger partial charge >= 0.3 is 5.97 Å². The lowest BCUT2D eigenvalue weighted by molar-refractivity contribution is -0.183. The molecule has 9 nitrogen and oxygen atoms in total. The minimum Gasteiger partial charge on any atom is -0.460 e. The van der Waals surface area contributed by atoms with E-state index in [4.69, 9.17) is 9.84 Å². The van der Waals surface area contributed by atoms with Crippen LogP contribution in [0.2, 0.25) is 0 Å². The van der Waals surface area contributed by atoms with Crippen LogP contribution in [0.3, 0.4) is 0 Å². The molecular formula is C32H37FN6O3. The molecule has 3 aromatic heterocycles. The van der Waals surface area contributed by atoms with Crippen LogP contribution in [-0.2, 0) is 16.1 Å². The SMILES string of the molecule is CCn1cc2c(N3C[C@H]4CC5[C@@H](C3)CC5(C(=O)OC(C)(C)C)C4)ccc(C(=O)Nc3cc(F)c4nc(C)cn4c3)c2n1. The summed E-state index contributed by atoms with van der Waals surface area (Å²) in [7, 11) is 0. The van der Waals surface area contributed by atoms with Crippen LogP contribution < -0.4 is 10.2 Å². The normalized spacial score (nSPS) is 25.0. The van der Waals surface area contributed by atoms with E-state index in [1.807, 2.05) is 50.7 Å². The molecule has 220 valence electrons. The number of esters is 1. The molecule has 2 saturated carbocycles. The highest BCUT2D eigenvalue weighted by atomic mass is 19.1. The standard InChI is InChI=1S/C32H37FN6O3/c1-6-39-17-23-26(37-14-19-9-24-20(15-37)12-32(24,11-19)30(41)42-31(3,4)5)8-7-22(27(23)36-39)29(40)35-21-10-25(33)28-34-18(2)13-38(28)16-21/h7-8,10,13,16-17,19-20,24H,6,9,11-12,14-15H2,1-5H3,(H,35,40)/t19-,20+,24?,32?/m0/s1. The van der Waals surface area contributed by atoms with Crippen LogP contribution in [0.1, 0.15) is 63.0 Å². The minimum atomic E-state index is -0.501. The highest BCUT2D eigenvalue weighted by Gasteiger charge is 2.65. The van der Waals surface area contributed by atoms with Crippen molar-refractivity contribution in [2.45, 2.75) is 66.0 Å². The predicted molar refractivity (Wildman–Crippen MR) is 158 cm³/mol. The van der Waals surface area contributed by atoms with Crippen molar-refractivity contribution in [2.24, 2.45) is 23.2 Å². The average Bonchev–Trinajstić information content (AvgIpc) is 3.54. The fourth-order valence-corrected chi connectivity index (χ4v) is 7.76. The van der Waals surface area contributed by atoms with Gasteiger partial charge in [0.05, 0.1) is 22.4 Å². The van der Waals surface area contributed by atoms with E-state index >= 15 is 0 Å². The molecule has 1 amide bonds. The number of anilines is 2. The number of pyridine rings is 1. The second-order valence-electron chi connectivity index (χ2n) is 13.5. The quantitative estimate of drug-likeness (QED) is 0.313. The van der Waals surface area contributed by atoms with Gasteiger partial charge in [-0.1, -0.05) is 0 Å². The summed E-state index contributed by atoms with van der Waals surface area (Å²) in [5.41, 5.74) is 2.58. The first-order chi connectivity index (χ1) is 19.9. The largest absolute Gasteiger partial charge is 0.460 e. The predicted octanol–water partition coefficient (Wildman–Crippen LogP) is 5.60. The maximum Gasteiger partial charge on any atom is 0.312 e. The van der Waals surface area contributed by atoms with Gasteiger partial charge in [0.15, 0.2) is 11.5 Å². The number of hydrogen-bond donors (Lipinski definition) is 1. The number of nitrogens with one attached hydrogen (secondary N) is 1. The van der Waals surface area contributed by atoms with Gasteiger partial charge < -0.3 is 19.4 Å². The number of fused-ring (bicyclic) bond motifs is 3. The lowest BCUT2D eigenvalue weighted by Gasteiger charge is -2.52. The first-order valence-corrected chi connectivity index (χ1v) is 14.9. The summed E-state index contributed by atoms with van der Waals surface area (Å²) >= 11 is 0. The van der Waals surface area contributed by atoms with E-state index in [2.05, 4.69) is 15.2 Å². The molecule has 3 fully saturated rings. The number of ether oxygens (including phenoxy) is 1. The van der Waals surface area contributed by atoms with Gasteiger partial charge in [-0.2, -0.15) is 5.10 Å². The molecule has 4 atom stereocenters. The van der Waals surface area contributed by atoms with Crippen LogP contribution in [-0.4, -0.2) is 49.7 Å². The molecule has 1 saturated heterocycles. The molecule has 3 aliphatic rings. The first kappa shape index (κ1) is 26.9. The van der Waals surface area contributed by atoms with Crippen molar-refractivity contribution >= 4 is 39.8 Å². The smallest absolute Gasteiger partial charge is 0.312 e. The summed E-state index contributed by atoms with van der Waals surface area (Å²) in [4.78, 5) is 33.4. The van der Waals surface area contributed by atoms with E-state index < -0.39 is 11.4 Å². The summed E-state index contributed by atoms with van der Waals surface area (Å²) in [5.74, 6) is 0.333. The van der Waals surface area contributed by atoms with Crippen molar-refractivity contribution < 1.29 is 18.7 Å². The first-order valence-electron chi connectivity index (χ1n) is 14.9. The molecule has 1 aliphatic heterocycles. The van der Waals surface area contributed by atoms with Crippen molar-refractivity contribution in [1.82, 2.24) is 19.2 Å². The number of nitrogens with zero attached hydrogens (tertiary/aromatic N) is 5. The number of imidazole rings is 1. The molecule has 2 aliphatic carbocycles. The van der Waals surface area contributed by atoms with Crippen LogP contribution in [0.5, 0.6) is 0 Å². The number of benzene rings is 1. The average molecular weight is 573 g/mol. The number of amides is 1. The molecule has 2 bridgehead atoms. The molecule has 0 spiro atoms. The van der Waals surface area contributed by atoms with Gasteiger partial charge in [0.1, 0.15) is 11.1 Å². The molecule has 10 heteroatoms. The third-order valence-electron chi connectivity index (χ3n) is 9.38. The Bertz CT molecular complexity index is 1750. The van der Waals surface area contributed by atoms with Gasteiger partial charge in [0.25, 0.3) is 5.91 Å². The van der Waals surface area contributed by atoms with Gasteiger partial charge in [-0.3, -0.25) is 14.3 Å². The van der Waals surface area contributed by atoms with Crippen molar-refractivity contribution in [2.75, 3.05) is 23.3 Å². The summed E-state index contributed by atoms with van der Waals surface area (Å²) in [6.07, 6.45) is 8.18. The number of hydrogen-bond acceptors (Lipinski definition) is 6. The van der Waals surface area contributed by atoms with Crippen molar-refractivity contribution in [3.63, 3.8) is 0 Å². The van der Waals surface area contributed by atoms with E-state index in [1.165, 1.54) is 6.07 Å². The highest BCUT2D eigenvalue weighted by molar-refractivity contribution is 6.14. The lowest BCUT2D eigenvalue weighted by atomic mass is 9.55. The van der Waals surface area contributed by atoms with Crippen LogP contribution in [0, 0.1) is 35.9 Å². The van der Waals surface area contributed by atoms with E-state index in [9.17, 15) is 14.0 Å². The number of rotatable bonds is 5. The molecule has 2 unspecified atom stereocenters. The van der Waals surface area contributed by atoms with Gasteiger partial charge in [0, 0.05) is 55.4 Å². The van der Waals surface area contributed by atoms with E-state index in [1.54, 1.807) is 23.7 Å². The zero-order valence-corrected chi connectivity index (χ0v) is 24.8. The van der Waals surface area contributed by atoms with Gasteiger partial charge in [-0.25, -0.2) is 9.37 Å². The number of aromatic nitrogens is 4. The number of carbonyl (C=O) groups excluding carboxylic acids is 2. The minimum absolute atomic E-state index is 0.0172. The van der Waals surface area contributed by atoms with Gasteiger partial charge in [0.2, 0.25) is 0 Å². The Labute approximate surface area is 244 Å². The van der Waals surface area contributed by atoms with Crippen molar-refractivity contribution in [3.05, 3.63) is 53.9 Å². The maximum absolute atomic E-state index is 14.7. The van der Waals surface area contributed by atoms with Crippen LogP contribution >= 0.6 is 0 Å². The molecule has 1 aromatic carbocycles. The zero-order valence-electron chi connectivity index (χ0n) is 24.8. The number of aryl methyl sites for hydroxylation is 2. The number of carbonyl (C=O) groups is 2. The van der Waals surface area contributed by atoms with Crippen LogP contribution in [0.15, 0.2) is 36.8 Å². The van der Waals surface area contributed by atoms with Gasteiger partial charge in [-0.15, -0.1) is 0 Å². The zero-order chi connectivity index (χ0) is 29.6. The van der Waals surface area contributed by atoms with Crippen molar-refractivity contribution in [3.8, 4) is 0 Å². The topological polar surface area (TPSA) is 93.8 Å². The lowest BCUT2D eigenvalue weighted by Crippen LogP contribution is -2.55. The Morgan fingerprint density at radius 2 is 1.98 bits per heavy atom. The Morgan fingerprint density at radius 3 is 2.74 bits per heavy atom. The van der Waals surface area contributed by atoms with Gasteiger partial charge in [-0.05, 0) is 83.8 Å². The van der Waals surface area contributed by atoms with E-state index in [0.29, 0.717) is 46.8 Å². The molecular weight excluding hydrogens is 535 g/mol. The van der Waals surface area contributed by atoms with E-state index in [0.717, 1.165) is 43.4 Å². The van der Waals surface area contributed by atoms with Crippen molar-refractivity contribution in [1.29, 1.82) is 0 Å². The Hall–Kier alpha value is -3.95. The fraction of sp³-hybridized carbons (Fsp3) is 0.500. The maximum atomic E-state index is 14.7. The third kappa shape index (κ3) is 4.25. The Balaban J connectivity index is 1.17. The second-order valence-corrected chi connectivity index (χ2v) is 13.5.